The lowest BCUT2D eigenvalue weighted by Gasteiger charge is -2.11. The van der Waals surface area contributed by atoms with Gasteiger partial charge in [0.25, 0.3) is 0 Å². The van der Waals surface area contributed by atoms with Gasteiger partial charge in [-0.1, -0.05) is 6.07 Å². The highest BCUT2D eigenvalue weighted by atomic mass is 127. The topological polar surface area (TPSA) is 33.3 Å². The fourth-order valence-corrected chi connectivity index (χ4v) is 2.31. The summed E-state index contributed by atoms with van der Waals surface area (Å²) in [4.78, 5) is 0. The normalized spacial score (nSPS) is 9.79. The molecule has 0 radical (unpaired) electrons. The maximum absolute atomic E-state index is 5.27. The van der Waals surface area contributed by atoms with Crippen LogP contribution in [-0.4, -0.2) is 12.2 Å². The quantitative estimate of drug-likeness (QED) is 0.617. The van der Waals surface area contributed by atoms with Crippen LogP contribution in [0.1, 0.15) is 0 Å². The number of rotatable bonds is 3. The summed E-state index contributed by atoms with van der Waals surface area (Å²) < 4.78 is 6.27. The zero-order valence-corrected chi connectivity index (χ0v) is 13.3. The van der Waals surface area contributed by atoms with Gasteiger partial charge < -0.3 is 15.4 Å². The molecular formula is C14H13IN2OS. The van der Waals surface area contributed by atoms with Gasteiger partial charge in [0, 0.05) is 14.9 Å². The highest BCUT2D eigenvalue weighted by Gasteiger charge is 2.00. The van der Waals surface area contributed by atoms with E-state index >= 15 is 0 Å². The number of hydrogen-bond donors (Lipinski definition) is 2. The van der Waals surface area contributed by atoms with E-state index in [1.165, 1.54) is 0 Å². The van der Waals surface area contributed by atoms with Crippen molar-refractivity contribution in [3.05, 3.63) is 52.1 Å². The van der Waals surface area contributed by atoms with Crippen molar-refractivity contribution < 1.29 is 4.74 Å². The number of methoxy groups -OCH3 is 1. The van der Waals surface area contributed by atoms with Crippen molar-refractivity contribution in [2.24, 2.45) is 0 Å². The third-order valence-corrected chi connectivity index (χ3v) is 3.31. The molecule has 19 heavy (non-hydrogen) atoms. The van der Waals surface area contributed by atoms with Crippen LogP contribution in [0.15, 0.2) is 48.5 Å². The molecule has 0 aromatic heterocycles. The van der Waals surface area contributed by atoms with Crippen LogP contribution in [0.2, 0.25) is 0 Å². The zero-order valence-electron chi connectivity index (χ0n) is 10.3. The molecule has 0 aliphatic rings. The smallest absolute Gasteiger partial charge is 0.175 e. The Kier molecular flexibility index (Phi) is 4.98. The molecule has 0 heterocycles. The molecule has 0 unspecified atom stereocenters. The van der Waals surface area contributed by atoms with Crippen molar-refractivity contribution in [2.75, 3.05) is 17.7 Å². The Morgan fingerprint density at radius 2 is 1.74 bits per heavy atom. The maximum Gasteiger partial charge on any atom is 0.175 e. The van der Waals surface area contributed by atoms with Crippen LogP contribution >= 0.6 is 34.8 Å². The number of benzene rings is 2. The molecule has 0 aliphatic heterocycles. The van der Waals surface area contributed by atoms with E-state index in [1.807, 2.05) is 48.5 Å². The molecule has 3 nitrogen and oxygen atoms in total. The van der Waals surface area contributed by atoms with Gasteiger partial charge in [0.2, 0.25) is 0 Å². The van der Waals surface area contributed by atoms with Gasteiger partial charge >= 0.3 is 0 Å². The number of thiocarbonyl (C=S) groups is 1. The predicted octanol–water partition coefficient (Wildman–Crippen LogP) is 4.11. The molecule has 5 heteroatoms. The molecular weight excluding hydrogens is 371 g/mol. The predicted molar refractivity (Wildman–Crippen MR) is 92.0 cm³/mol. The van der Waals surface area contributed by atoms with Crippen LogP contribution in [0, 0.1) is 3.57 Å². The summed E-state index contributed by atoms with van der Waals surface area (Å²) in [5, 5.41) is 6.83. The molecule has 0 amide bonds. The van der Waals surface area contributed by atoms with E-state index in [0.29, 0.717) is 5.11 Å². The number of anilines is 2. The van der Waals surface area contributed by atoms with Crippen LogP contribution in [0.4, 0.5) is 11.4 Å². The Hall–Kier alpha value is -1.34. The Labute approximate surface area is 131 Å². The van der Waals surface area contributed by atoms with Gasteiger partial charge in [0.15, 0.2) is 5.11 Å². The summed E-state index contributed by atoms with van der Waals surface area (Å²) in [7, 11) is 1.64. The maximum atomic E-state index is 5.27. The largest absolute Gasteiger partial charge is 0.497 e. The van der Waals surface area contributed by atoms with Crippen LogP contribution in [0.25, 0.3) is 0 Å². The lowest BCUT2D eigenvalue weighted by Crippen LogP contribution is -2.18. The average Bonchev–Trinajstić information content (AvgIpc) is 2.39. The Morgan fingerprint density at radius 3 is 2.37 bits per heavy atom. The average molecular weight is 384 g/mol. The lowest BCUT2D eigenvalue weighted by atomic mass is 10.3. The molecule has 0 saturated carbocycles. The monoisotopic (exact) mass is 384 g/mol. The van der Waals surface area contributed by atoms with E-state index in [-0.39, 0.29) is 0 Å². The molecule has 2 rings (SSSR count). The second-order valence-corrected chi connectivity index (χ2v) is 5.47. The summed E-state index contributed by atoms with van der Waals surface area (Å²) in [5.74, 6) is 0.821. The fourth-order valence-electron chi connectivity index (χ4n) is 1.53. The van der Waals surface area contributed by atoms with Crippen LogP contribution < -0.4 is 15.4 Å². The minimum absolute atomic E-state index is 0.562. The highest BCUT2D eigenvalue weighted by molar-refractivity contribution is 14.1. The third kappa shape index (κ3) is 4.36. The van der Waals surface area contributed by atoms with Crippen molar-refractivity contribution in [3.63, 3.8) is 0 Å². The minimum Gasteiger partial charge on any atom is -0.497 e. The van der Waals surface area contributed by atoms with Crippen LogP contribution in [0.5, 0.6) is 5.75 Å². The fraction of sp³-hybridized carbons (Fsp3) is 0.0714. The van der Waals surface area contributed by atoms with Crippen LogP contribution in [-0.2, 0) is 0 Å². The van der Waals surface area contributed by atoms with E-state index in [2.05, 4.69) is 33.2 Å². The van der Waals surface area contributed by atoms with E-state index in [1.54, 1.807) is 7.11 Å². The second kappa shape index (κ2) is 6.72. The Balaban J connectivity index is 1.97. The van der Waals surface area contributed by atoms with Crippen molar-refractivity contribution in [1.29, 1.82) is 0 Å². The Bertz CT molecular complexity index is 572. The first-order valence-electron chi connectivity index (χ1n) is 5.65. The number of nitrogens with one attached hydrogen (secondary N) is 2. The van der Waals surface area contributed by atoms with Crippen molar-refractivity contribution in [3.8, 4) is 5.75 Å². The van der Waals surface area contributed by atoms with Gasteiger partial charge in [-0.2, -0.15) is 0 Å². The molecule has 2 aromatic rings. The number of hydrogen-bond acceptors (Lipinski definition) is 2. The zero-order chi connectivity index (χ0) is 13.7. The van der Waals surface area contributed by atoms with E-state index in [9.17, 15) is 0 Å². The molecule has 0 spiro atoms. The van der Waals surface area contributed by atoms with E-state index < -0.39 is 0 Å². The van der Waals surface area contributed by atoms with Gasteiger partial charge in [0.1, 0.15) is 5.75 Å². The van der Waals surface area contributed by atoms with Crippen molar-refractivity contribution in [1.82, 2.24) is 0 Å². The molecule has 0 atom stereocenters. The van der Waals surface area contributed by atoms with E-state index in [0.717, 1.165) is 20.7 Å². The SMILES string of the molecule is COc1ccc(NC(=S)Nc2cccc(I)c2)cc1. The third-order valence-electron chi connectivity index (χ3n) is 2.43. The molecule has 0 fully saturated rings. The van der Waals surface area contributed by atoms with Crippen molar-refractivity contribution in [2.45, 2.75) is 0 Å². The van der Waals surface area contributed by atoms with Gasteiger partial charge in [-0.3, -0.25) is 0 Å². The molecule has 2 aromatic carbocycles. The second-order valence-electron chi connectivity index (χ2n) is 3.82. The first-order valence-corrected chi connectivity index (χ1v) is 7.14. The van der Waals surface area contributed by atoms with E-state index in [4.69, 9.17) is 17.0 Å². The first kappa shape index (κ1) is 14.1. The molecule has 2 N–H and O–H groups in total. The minimum atomic E-state index is 0.562. The van der Waals surface area contributed by atoms with Gasteiger partial charge in [-0.05, 0) is 77.3 Å². The number of halogens is 1. The summed E-state index contributed by atoms with van der Waals surface area (Å²) in [6.07, 6.45) is 0. The van der Waals surface area contributed by atoms with Gasteiger partial charge in [-0.15, -0.1) is 0 Å². The van der Waals surface area contributed by atoms with Crippen molar-refractivity contribution >= 4 is 51.3 Å². The van der Waals surface area contributed by atoms with Gasteiger partial charge in [-0.25, -0.2) is 0 Å². The summed E-state index contributed by atoms with van der Waals surface area (Å²) in [6, 6.07) is 15.6. The lowest BCUT2D eigenvalue weighted by molar-refractivity contribution is 0.415. The number of ether oxygens (including phenoxy) is 1. The summed E-state index contributed by atoms with van der Waals surface area (Å²) in [6.45, 7) is 0. The standard InChI is InChI=1S/C14H13IN2OS/c1-18-13-7-5-11(6-8-13)16-14(19)17-12-4-2-3-10(15)9-12/h2-9H,1H3,(H2,16,17,19). The Morgan fingerprint density at radius 1 is 1.05 bits per heavy atom. The first-order chi connectivity index (χ1) is 9.17. The molecule has 98 valence electrons. The molecule has 0 aliphatic carbocycles. The summed E-state index contributed by atoms with van der Waals surface area (Å²) >= 11 is 7.53. The van der Waals surface area contributed by atoms with Crippen LogP contribution in [0.3, 0.4) is 0 Å². The molecule has 0 bridgehead atoms. The summed E-state index contributed by atoms with van der Waals surface area (Å²) in [5.41, 5.74) is 1.89. The highest BCUT2D eigenvalue weighted by Crippen LogP contribution is 2.16. The van der Waals surface area contributed by atoms with Gasteiger partial charge in [0.05, 0.1) is 7.11 Å². The molecule has 0 saturated heterocycles.